The molecule has 2 fully saturated rings. The smallest absolute Gasteiger partial charge is 0.224 e. The van der Waals surface area contributed by atoms with Crippen molar-refractivity contribution in [1.29, 1.82) is 0 Å². The van der Waals surface area contributed by atoms with Gasteiger partial charge in [0.15, 0.2) is 0 Å². The quantitative estimate of drug-likeness (QED) is 0.841. The van der Waals surface area contributed by atoms with Crippen LogP contribution in [0.25, 0.3) is 0 Å². The third-order valence-corrected chi connectivity index (χ3v) is 5.64. The van der Waals surface area contributed by atoms with Crippen molar-refractivity contribution in [3.63, 3.8) is 0 Å². The highest BCUT2D eigenvalue weighted by Crippen LogP contribution is 2.42. The van der Waals surface area contributed by atoms with Gasteiger partial charge in [-0.25, -0.2) is 4.98 Å². The first-order valence-electron chi connectivity index (χ1n) is 7.61. The van der Waals surface area contributed by atoms with Gasteiger partial charge in [0, 0.05) is 17.0 Å². The van der Waals surface area contributed by atoms with Gasteiger partial charge in [-0.05, 0) is 51.0 Å². The number of nitrogens with two attached hydrogens (primary N) is 1. The molecule has 126 valence electrons. The number of aromatic nitrogens is 1. The first-order chi connectivity index (χ1) is 9.69. The summed E-state index contributed by atoms with van der Waals surface area (Å²) in [4.78, 5) is 17.1. The monoisotopic (exact) mass is 365 g/mol. The number of carbonyl (C=O) groups is 1. The van der Waals surface area contributed by atoms with Crippen LogP contribution in [-0.4, -0.2) is 17.4 Å². The summed E-state index contributed by atoms with van der Waals surface area (Å²) in [5.74, 6) is 1.26. The number of aryl methyl sites for hydroxylation is 1. The van der Waals surface area contributed by atoms with Gasteiger partial charge >= 0.3 is 0 Å². The minimum Gasteiger partial charge on any atom is -0.346 e. The maximum absolute atomic E-state index is 12.5. The lowest BCUT2D eigenvalue weighted by Gasteiger charge is -2.22. The molecule has 0 bridgehead atoms. The Hall–Kier alpha value is -0.360. The minimum atomic E-state index is 0. The third-order valence-electron chi connectivity index (χ3n) is 4.59. The number of thiazole rings is 1. The standard InChI is InChI=1S/C15H23N3OS.2ClH/c1-9-8-20-15(17-9)13(10-5-6-10)18-14(19)12-4-2-3-11(12)7-16;;/h8,10-13H,2-7,16H2,1H3,(H,18,19);2*1H/t11-,12-,13?;;/m1../s1. The molecule has 2 aliphatic carbocycles. The van der Waals surface area contributed by atoms with E-state index in [1.165, 1.54) is 12.8 Å². The second-order valence-electron chi connectivity index (χ2n) is 6.18. The summed E-state index contributed by atoms with van der Waals surface area (Å²) in [7, 11) is 0. The van der Waals surface area contributed by atoms with E-state index in [4.69, 9.17) is 5.73 Å². The van der Waals surface area contributed by atoms with Crippen molar-refractivity contribution < 1.29 is 4.79 Å². The number of hydrogen-bond acceptors (Lipinski definition) is 4. The Morgan fingerprint density at radius 1 is 1.41 bits per heavy atom. The molecule has 1 unspecified atom stereocenters. The van der Waals surface area contributed by atoms with E-state index in [1.807, 2.05) is 6.92 Å². The highest BCUT2D eigenvalue weighted by molar-refractivity contribution is 7.09. The molecule has 0 spiro atoms. The molecule has 0 aliphatic heterocycles. The lowest BCUT2D eigenvalue weighted by atomic mass is 9.95. The predicted octanol–water partition coefficient (Wildman–Crippen LogP) is 3.24. The Morgan fingerprint density at radius 3 is 2.68 bits per heavy atom. The lowest BCUT2D eigenvalue weighted by molar-refractivity contribution is -0.126. The van der Waals surface area contributed by atoms with Crippen LogP contribution in [0.1, 0.15) is 48.8 Å². The topological polar surface area (TPSA) is 68.0 Å². The second kappa shape index (κ2) is 8.48. The largest absolute Gasteiger partial charge is 0.346 e. The SMILES string of the molecule is Cc1csc(C(NC(=O)[C@@H]2CCC[C@@H]2CN)C2CC2)n1.Cl.Cl. The Morgan fingerprint density at radius 2 is 2.14 bits per heavy atom. The molecule has 1 aromatic heterocycles. The molecular formula is C15H25Cl2N3OS. The van der Waals surface area contributed by atoms with Crippen LogP contribution < -0.4 is 11.1 Å². The van der Waals surface area contributed by atoms with Crippen LogP contribution in [0.15, 0.2) is 5.38 Å². The molecule has 2 aliphatic rings. The van der Waals surface area contributed by atoms with Crippen molar-refractivity contribution in [2.45, 2.75) is 45.1 Å². The van der Waals surface area contributed by atoms with E-state index in [1.54, 1.807) is 11.3 Å². The zero-order valence-corrected chi connectivity index (χ0v) is 15.2. The van der Waals surface area contributed by atoms with E-state index in [2.05, 4.69) is 15.7 Å². The van der Waals surface area contributed by atoms with Crippen molar-refractivity contribution in [3.8, 4) is 0 Å². The molecule has 0 aromatic carbocycles. The molecular weight excluding hydrogens is 341 g/mol. The van der Waals surface area contributed by atoms with Gasteiger partial charge in [0.2, 0.25) is 5.91 Å². The molecule has 3 atom stereocenters. The van der Waals surface area contributed by atoms with E-state index >= 15 is 0 Å². The van der Waals surface area contributed by atoms with E-state index in [9.17, 15) is 4.79 Å². The molecule has 1 aromatic rings. The van der Waals surface area contributed by atoms with Crippen LogP contribution in [0.3, 0.4) is 0 Å². The van der Waals surface area contributed by atoms with Crippen molar-refractivity contribution in [1.82, 2.24) is 10.3 Å². The van der Waals surface area contributed by atoms with Gasteiger partial charge in [-0.2, -0.15) is 0 Å². The van der Waals surface area contributed by atoms with Gasteiger partial charge in [-0.15, -0.1) is 36.2 Å². The van der Waals surface area contributed by atoms with Crippen LogP contribution in [-0.2, 0) is 4.79 Å². The first-order valence-corrected chi connectivity index (χ1v) is 8.49. The molecule has 3 N–H and O–H groups in total. The molecule has 0 radical (unpaired) electrons. The Kier molecular flexibility index (Phi) is 7.59. The number of carbonyl (C=O) groups excluding carboxylic acids is 1. The first kappa shape index (κ1) is 19.7. The van der Waals surface area contributed by atoms with Gasteiger partial charge in [0.1, 0.15) is 5.01 Å². The molecule has 7 heteroatoms. The van der Waals surface area contributed by atoms with Gasteiger partial charge < -0.3 is 11.1 Å². The fourth-order valence-corrected chi connectivity index (χ4v) is 4.19. The summed E-state index contributed by atoms with van der Waals surface area (Å²) in [6.45, 7) is 2.63. The Bertz CT molecular complexity index is 493. The van der Waals surface area contributed by atoms with Crippen molar-refractivity contribution in [2.24, 2.45) is 23.5 Å². The maximum atomic E-state index is 12.5. The maximum Gasteiger partial charge on any atom is 0.224 e. The number of nitrogens with zero attached hydrogens (tertiary/aromatic N) is 1. The van der Waals surface area contributed by atoms with Crippen molar-refractivity contribution in [2.75, 3.05) is 6.54 Å². The van der Waals surface area contributed by atoms with Crippen LogP contribution in [0.5, 0.6) is 0 Å². The Balaban J connectivity index is 0.00000121. The number of hydrogen-bond donors (Lipinski definition) is 2. The Labute approximate surface area is 148 Å². The number of halogens is 2. The summed E-state index contributed by atoms with van der Waals surface area (Å²) in [6, 6.07) is 0.125. The fraction of sp³-hybridized carbons (Fsp3) is 0.733. The zero-order chi connectivity index (χ0) is 14.1. The minimum absolute atomic E-state index is 0. The van der Waals surface area contributed by atoms with E-state index in [0.29, 0.717) is 18.4 Å². The highest BCUT2D eigenvalue weighted by Gasteiger charge is 2.38. The van der Waals surface area contributed by atoms with E-state index in [-0.39, 0.29) is 42.7 Å². The normalized spacial score (nSPS) is 25.0. The molecule has 0 saturated heterocycles. The number of amides is 1. The summed E-state index contributed by atoms with van der Waals surface area (Å²) in [5, 5.41) is 6.40. The average molecular weight is 366 g/mol. The zero-order valence-electron chi connectivity index (χ0n) is 12.8. The fourth-order valence-electron chi connectivity index (χ4n) is 3.25. The third kappa shape index (κ3) is 4.34. The van der Waals surface area contributed by atoms with Crippen LogP contribution >= 0.6 is 36.2 Å². The summed E-state index contributed by atoms with van der Waals surface area (Å²) in [6.07, 6.45) is 5.62. The van der Waals surface area contributed by atoms with E-state index < -0.39 is 0 Å². The summed E-state index contributed by atoms with van der Waals surface area (Å²) >= 11 is 1.67. The molecule has 1 heterocycles. The summed E-state index contributed by atoms with van der Waals surface area (Å²) < 4.78 is 0. The molecule has 3 rings (SSSR count). The number of rotatable bonds is 5. The molecule has 1 amide bonds. The van der Waals surface area contributed by atoms with Crippen LogP contribution in [0, 0.1) is 24.7 Å². The molecule has 22 heavy (non-hydrogen) atoms. The lowest BCUT2D eigenvalue weighted by Crippen LogP contribution is -2.38. The molecule has 2 saturated carbocycles. The average Bonchev–Trinajstić information content (AvgIpc) is 2.99. The second-order valence-corrected chi connectivity index (χ2v) is 7.07. The van der Waals surface area contributed by atoms with Crippen molar-refractivity contribution in [3.05, 3.63) is 16.1 Å². The van der Waals surface area contributed by atoms with Crippen molar-refractivity contribution >= 4 is 42.1 Å². The highest BCUT2D eigenvalue weighted by atomic mass is 35.5. The van der Waals surface area contributed by atoms with Gasteiger partial charge in [-0.1, -0.05) is 6.42 Å². The van der Waals surface area contributed by atoms with Crippen LogP contribution in [0.4, 0.5) is 0 Å². The van der Waals surface area contributed by atoms with Gasteiger partial charge in [-0.3, -0.25) is 4.79 Å². The van der Waals surface area contributed by atoms with E-state index in [0.717, 1.165) is 30.0 Å². The molecule has 4 nitrogen and oxygen atoms in total. The van der Waals surface area contributed by atoms with Gasteiger partial charge in [0.25, 0.3) is 0 Å². The summed E-state index contributed by atoms with van der Waals surface area (Å²) in [5.41, 5.74) is 6.84. The number of nitrogens with one attached hydrogen (secondary N) is 1. The predicted molar refractivity (Wildman–Crippen MR) is 94.8 cm³/mol. The van der Waals surface area contributed by atoms with Crippen LogP contribution in [0.2, 0.25) is 0 Å². The van der Waals surface area contributed by atoms with Gasteiger partial charge in [0.05, 0.1) is 6.04 Å².